The number of thioether (sulfide) groups is 1. The molecule has 0 aliphatic carbocycles. The number of fused-ring (bicyclic) bond motifs is 1. The van der Waals surface area contributed by atoms with Gasteiger partial charge in [-0.2, -0.15) is 5.26 Å². The summed E-state index contributed by atoms with van der Waals surface area (Å²) in [5.74, 6) is 1.05. The topological polar surface area (TPSA) is 120 Å². The van der Waals surface area contributed by atoms with Crippen LogP contribution in [-0.4, -0.2) is 37.6 Å². The number of imidazole rings is 1. The average Bonchev–Trinajstić information content (AvgIpc) is 3.41. The lowest BCUT2D eigenvalue weighted by atomic mass is 10.2. The van der Waals surface area contributed by atoms with E-state index in [1.165, 1.54) is 23.1 Å². The van der Waals surface area contributed by atoms with Gasteiger partial charge in [0.2, 0.25) is 5.13 Å². The van der Waals surface area contributed by atoms with Gasteiger partial charge in [0.25, 0.3) is 0 Å². The molecule has 31 heavy (non-hydrogen) atoms. The molecule has 4 aromatic rings. The van der Waals surface area contributed by atoms with E-state index >= 15 is 0 Å². The minimum Gasteiger partial charge on any atom is -0.510 e. The Balaban J connectivity index is 1.48. The van der Waals surface area contributed by atoms with Crippen LogP contribution in [0, 0.1) is 11.3 Å². The van der Waals surface area contributed by atoms with Crippen LogP contribution in [0.2, 0.25) is 0 Å². The quantitative estimate of drug-likeness (QED) is 0.201. The molecule has 1 unspecified atom stereocenters. The number of para-hydroxylation sites is 2. The number of allylic oxidation sites excluding steroid dienone is 1. The molecule has 2 aromatic carbocycles. The fraction of sp³-hybridized carbons (Fsp3) is 0.143. The first-order valence-electron chi connectivity index (χ1n) is 9.27. The second-order valence-electron chi connectivity index (χ2n) is 6.46. The average molecular weight is 451 g/mol. The predicted molar refractivity (Wildman–Crippen MR) is 123 cm³/mol. The number of ether oxygens (including phenoxy) is 1. The van der Waals surface area contributed by atoms with Crippen LogP contribution in [0.25, 0.3) is 16.6 Å². The molecule has 2 heterocycles. The highest BCUT2D eigenvalue weighted by Crippen LogP contribution is 2.34. The lowest BCUT2D eigenvalue weighted by Crippen LogP contribution is -2.04. The molecule has 0 radical (unpaired) electrons. The van der Waals surface area contributed by atoms with Crippen LogP contribution >= 0.6 is 23.1 Å². The number of nitrogens with one attached hydrogen (secondary N) is 2. The van der Waals surface area contributed by atoms with E-state index in [4.69, 9.17) is 4.74 Å². The van der Waals surface area contributed by atoms with Gasteiger partial charge in [-0.05, 0) is 43.3 Å². The van der Waals surface area contributed by atoms with Gasteiger partial charge in [0, 0.05) is 5.69 Å². The van der Waals surface area contributed by atoms with E-state index in [2.05, 4.69) is 31.6 Å². The van der Waals surface area contributed by atoms with Gasteiger partial charge in [0.1, 0.15) is 23.2 Å². The predicted octanol–water partition coefficient (Wildman–Crippen LogP) is 5.14. The molecule has 3 N–H and O–H groups in total. The molecule has 0 fully saturated rings. The Hall–Kier alpha value is -3.55. The molecule has 0 spiro atoms. The van der Waals surface area contributed by atoms with Crippen molar-refractivity contribution in [2.24, 2.45) is 0 Å². The molecule has 4 rings (SSSR count). The number of hydrogen-bond acceptors (Lipinski definition) is 9. The molecule has 0 saturated carbocycles. The number of aliphatic hydroxyl groups is 1. The zero-order valence-electron chi connectivity index (χ0n) is 16.7. The summed E-state index contributed by atoms with van der Waals surface area (Å²) < 4.78 is 5.82. The second kappa shape index (κ2) is 9.07. The van der Waals surface area contributed by atoms with E-state index in [1.54, 1.807) is 14.0 Å². The number of aliphatic hydroxyl groups excluding tert-OH is 1. The van der Waals surface area contributed by atoms with E-state index in [0.717, 1.165) is 22.5 Å². The molecule has 0 amide bonds. The fourth-order valence-corrected chi connectivity index (χ4v) is 4.80. The van der Waals surface area contributed by atoms with E-state index < -0.39 is 5.25 Å². The van der Waals surface area contributed by atoms with Crippen LogP contribution in [0.4, 0.5) is 10.8 Å². The van der Waals surface area contributed by atoms with Crippen molar-refractivity contribution in [3.8, 4) is 11.8 Å². The molecule has 0 saturated heterocycles. The van der Waals surface area contributed by atoms with Crippen molar-refractivity contribution in [3.63, 3.8) is 0 Å². The smallest absolute Gasteiger partial charge is 0.210 e. The largest absolute Gasteiger partial charge is 0.510 e. The summed E-state index contributed by atoms with van der Waals surface area (Å²) in [6, 6.07) is 17.0. The summed E-state index contributed by atoms with van der Waals surface area (Å²) in [7, 11) is 1.62. The molecule has 0 bridgehead atoms. The maximum atomic E-state index is 10.7. The number of hydrogen-bond donors (Lipinski definition) is 3. The fourth-order valence-electron chi connectivity index (χ4n) is 2.82. The van der Waals surface area contributed by atoms with Crippen molar-refractivity contribution >= 4 is 50.5 Å². The zero-order valence-corrected chi connectivity index (χ0v) is 18.3. The summed E-state index contributed by atoms with van der Waals surface area (Å²) in [6.45, 7) is 1.80. The molecule has 0 aliphatic rings. The molecule has 156 valence electrons. The summed E-state index contributed by atoms with van der Waals surface area (Å²) in [6.07, 6.45) is 0. The SMILES string of the molecule is COc1ccc(Nc2nnc(SC(C)/C(O)=C(\C#N)c3nc4ccccc4[nH]3)s2)cc1. The van der Waals surface area contributed by atoms with Crippen molar-refractivity contribution in [1.82, 2.24) is 20.2 Å². The van der Waals surface area contributed by atoms with Crippen LogP contribution in [0.5, 0.6) is 5.75 Å². The minimum atomic E-state index is -0.412. The molecule has 10 heteroatoms. The number of benzene rings is 2. The van der Waals surface area contributed by atoms with Crippen molar-refractivity contribution in [1.29, 1.82) is 5.26 Å². The maximum absolute atomic E-state index is 10.7. The van der Waals surface area contributed by atoms with Gasteiger partial charge in [0.05, 0.1) is 23.4 Å². The van der Waals surface area contributed by atoms with Gasteiger partial charge in [-0.25, -0.2) is 4.98 Å². The Morgan fingerprint density at radius 2 is 2.00 bits per heavy atom. The highest BCUT2D eigenvalue weighted by Gasteiger charge is 2.20. The van der Waals surface area contributed by atoms with Gasteiger partial charge < -0.3 is 20.1 Å². The Kier molecular flexibility index (Phi) is 6.06. The highest BCUT2D eigenvalue weighted by atomic mass is 32.2. The van der Waals surface area contributed by atoms with E-state index in [-0.39, 0.29) is 11.3 Å². The van der Waals surface area contributed by atoms with Gasteiger partial charge in [-0.15, -0.1) is 10.2 Å². The van der Waals surface area contributed by atoms with Gasteiger partial charge in [0.15, 0.2) is 10.2 Å². The van der Waals surface area contributed by atoms with E-state index in [1.807, 2.05) is 48.5 Å². The summed E-state index contributed by atoms with van der Waals surface area (Å²) in [5, 5.41) is 32.0. The standard InChI is InChI=1S/C21H18N6O2S2/c1-12(18(28)15(11-22)19-24-16-5-3-4-6-17(16)25-19)30-21-27-26-20(31-21)23-13-7-9-14(29-2)10-8-13/h3-10,12,28H,1-2H3,(H,23,26)(H,24,25)/b18-15-. The number of rotatable bonds is 7. The molecule has 0 aliphatic heterocycles. The van der Waals surface area contributed by atoms with Crippen molar-refractivity contribution in [2.45, 2.75) is 16.5 Å². The van der Waals surface area contributed by atoms with Gasteiger partial charge in [-0.3, -0.25) is 0 Å². The summed E-state index contributed by atoms with van der Waals surface area (Å²) >= 11 is 2.68. The number of H-pyrrole nitrogens is 1. The molecule has 8 nitrogen and oxygen atoms in total. The zero-order chi connectivity index (χ0) is 21.8. The second-order valence-corrected chi connectivity index (χ2v) is 9.03. The number of aromatic nitrogens is 4. The number of nitriles is 1. The monoisotopic (exact) mass is 450 g/mol. The Morgan fingerprint density at radius 3 is 2.71 bits per heavy atom. The number of nitrogens with zero attached hydrogens (tertiary/aromatic N) is 4. The third kappa shape index (κ3) is 4.63. The van der Waals surface area contributed by atoms with Crippen LogP contribution in [0.3, 0.4) is 0 Å². The van der Waals surface area contributed by atoms with Crippen LogP contribution < -0.4 is 10.1 Å². The van der Waals surface area contributed by atoms with Crippen molar-refractivity contribution < 1.29 is 9.84 Å². The van der Waals surface area contributed by atoms with Crippen molar-refractivity contribution in [3.05, 3.63) is 60.1 Å². The van der Waals surface area contributed by atoms with Crippen molar-refractivity contribution in [2.75, 3.05) is 12.4 Å². The molecular weight excluding hydrogens is 432 g/mol. The van der Waals surface area contributed by atoms with Gasteiger partial charge >= 0.3 is 0 Å². The third-order valence-electron chi connectivity index (χ3n) is 4.40. The van der Waals surface area contributed by atoms with E-state index in [9.17, 15) is 10.4 Å². The first-order chi connectivity index (χ1) is 15.1. The van der Waals surface area contributed by atoms with E-state index in [0.29, 0.717) is 15.3 Å². The van der Waals surface area contributed by atoms with Gasteiger partial charge in [-0.1, -0.05) is 35.2 Å². The maximum Gasteiger partial charge on any atom is 0.210 e. The minimum absolute atomic E-state index is 0.0635. The van der Waals surface area contributed by atoms with Crippen LogP contribution in [0.15, 0.2) is 58.6 Å². The third-order valence-corrected chi connectivity index (χ3v) is 6.44. The Bertz CT molecular complexity index is 1240. The van der Waals surface area contributed by atoms with Crippen LogP contribution in [-0.2, 0) is 0 Å². The normalized spacial score (nSPS) is 12.8. The Labute approximate surface area is 186 Å². The molecule has 2 aromatic heterocycles. The lowest BCUT2D eigenvalue weighted by Gasteiger charge is -2.09. The molecular formula is C21H18N6O2S2. The summed E-state index contributed by atoms with van der Waals surface area (Å²) in [5.41, 5.74) is 2.51. The van der Waals surface area contributed by atoms with Crippen LogP contribution in [0.1, 0.15) is 12.7 Å². The number of anilines is 2. The first kappa shape index (κ1) is 20.7. The highest BCUT2D eigenvalue weighted by molar-refractivity contribution is 8.01. The summed E-state index contributed by atoms with van der Waals surface area (Å²) in [4.78, 5) is 7.49. The lowest BCUT2D eigenvalue weighted by molar-refractivity contribution is 0.402. The molecule has 1 atom stereocenters. The number of aromatic amines is 1. The first-order valence-corrected chi connectivity index (χ1v) is 11.0. The number of methoxy groups -OCH3 is 1. The Morgan fingerprint density at radius 1 is 1.23 bits per heavy atom.